The zero-order chi connectivity index (χ0) is 16.4. The average molecular weight is 331 g/mol. The van der Waals surface area contributed by atoms with Crippen LogP contribution in [0.3, 0.4) is 0 Å². The number of nitro benzene ring substituents is 1. The second-order valence-electron chi connectivity index (χ2n) is 5.66. The van der Waals surface area contributed by atoms with E-state index in [0.717, 1.165) is 25.0 Å². The molecular formula is C16H17N3O3S. The summed E-state index contributed by atoms with van der Waals surface area (Å²) in [5.74, 6) is -0.285. The highest BCUT2D eigenvalue weighted by atomic mass is 32.1. The maximum Gasteiger partial charge on any atom is 0.272 e. The molecule has 120 valence electrons. The maximum atomic E-state index is 12.3. The fraction of sp³-hybridized carbons (Fsp3) is 0.375. The van der Waals surface area contributed by atoms with Crippen molar-refractivity contribution in [3.8, 4) is 0 Å². The second kappa shape index (κ2) is 6.45. The Hall–Kier alpha value is -2.28. The Bertz CT molecular complexity index is 746. The van der Waals surface area contributed by atoms with Crippen LogP contribution in [-0.4, -0.2) is 15.8 Å². The van der Waals surface area contributed by atoms with Gasteiger partial charge in [0.1, 0.15) is 0 Å². The van der Waals surface area contributed by atoms with Crippen molar-refractivity contribution in [2.24, 2.45) is 0 Å². The summed E-state index contributed by atoms with van der Waals surface area (Å²) in [6, 6.07) is 4.37. The van der Waals surface area contributed by atoms with E-state index in [1.165, 1.54) is 47.3 Å². The Labute approximate surface area is 137 Å². The van der Waals surface area contributed by atoms with Crippen LogP contribution in [-0.2, 0) is 12.8 Å². The molecule has 0 aliphatic heterocycles. The molecule has 0 atom stereocenters. The Morgan fingerprint density at radius 2 is 2.09 bits per heavy atom. The molecule has 7 heteroatoms. The summed E-state index contributed by atoms with van der Waals surface area (Å²) >= 11 is 1.53. The van der Waals surface area contributed by atoms with E-state index in [0.29, 0.717) is 16.3 Å². The summed E-state index contributed by atoms with van der Waals surface area (Å²) in [5, 5.41) is 14.3. The lowest BCUT2D eigenvalue weighted by molar-refractivity contribution is -0.385. The summed E-state index contributed by atoms with van der Waals surface area (Å²) in [6.07, 6.45) is 5.54. The highest BCUT2D eigenvalue weighted by Gasteiger charge is 2.17. The number of amides is 1. The molecule has 1 aromatic carbocycles. The second-order valence-corrected chi connectivity index (χ2v) is 6.75. The molecule has 1 heterocycles. The van der Waals surface area contributed by atoms with Gasteiger partial charge in [-0.15, -0.1) is 11.3 Å². The van der Waals surface area contributed by atoms with Gasteiger partial charge >= 0.3 is 0 Å². The third-order valence-electron chi connectivity index (χ3n) is 3.97. The molecule has 1 aromatic heterocycles. The minimum Gasteiger partial charge on any atom is -0.298 e. The maximum absolute atomic E-state index is 12.3. The Balaban J connectivity index is 1.77. The molecule has 6 nitrogen and oxygen atoms in total. The number of hydrogen-bond acceptors (Lipinski definition) is 5. The number of anilines is 1. The first-order chi connectivity index (χ1) is 11.0. The summed E-state index contributed by atoms with van der Waals surface area (Å²) in [6.45, 7) is 1.63. The molecule has 0 bridgehead atoms. The predicted octanol–water partition coefficient (Wildman–Crippen LogP) is 3.88. The average Bonchev–Trinajstić information content (AvgIpc) is 2.75. The number of nitro groups is 1. The first-order valence-corrected chi connectivity index (χ1v) is 8.41. The summed E-state index contributed by atoms with van der Waals surface area (Å²) in [5.41, 5.74) is 1.99. The first-order valence-electron chi connectivity index (χ1n) is 7.59. The normalized spacial score (nSPS) is 14.0. The molecule has 0 radical (unpaired) electrons. The van der Waals surface area contributed by atoms with E-state index in [-0.39, 0.29) is 11.6 Å². The van der Waals surface area contributed by atoms with Gasteiger partial charge in [0.25, 0.3) is 11.6 Å². The molecule has 0 saturated carbocycles. The zero-order valence-corrected chi connectivity index (χ0v) is 13.6. The van der Waals surface area contributed by atoms with Gasteiger partial charge in [0, 0.05) is 22.1 Å². The van der Waals surface area contributed by atoms with Crippen molar-refractivity contribution in [3.05, 3.63) is 50.0 Å². The number of aromatic nitrogens is 1. The lowest BCUT2D eigenvalue weighted by atomic mass is 10.1. The number of nitrogens with zero attached hydrogens (tertiary/aromatic N) is 2. The molecule has 1 aliphatic carbocycles. The summed E-state index contributed by atoms with van der Waals surface area (Å²) in [4.78, 5) is 28.5. The highest BCUT2D eigenvalue weighted by Crippen LogP contribution is 2.29. The van der Waals surface area contributed by atoms with E-state index in [9.17, 15) is 14.9 Å². The van der Waals surface area contributed by atoms with Crippen molar-refractivity contribution < 1.29 is 9.72 Å². The van der Waals surface area contributed by atoms with Crippen LogP contribution in [0.2, 0.25) is 0 Å². The molecule has 0 saturated heterocycles. The van der Waals surface area contributed by atoms with Gasteiger partial charge in [0.2, 0.25) is 0 Å². The lowest BCUT2D eigenvalue weighted by Crippen LogP contribution is -2.12. The van der Waals surface area contributed by atoms with E-state index in [1.54, 1.807) is 6.92 Å². The van der Waals surface area contributed by atoms with Gasteiger partial charge in [-0.05, 0) is 44.7 Å². The van der Waals surface area contributed by atoms with E-state index < -0.39 is 4.92 Å². The minimum absolute atomic E-state index is 0.0162. The molecule has 1 amide bonds. The number of carbonyl (C=O) groups is 1. The first kappa shape index (κ1) is 15.6. The monoisotopic (exact) mass is 331 g/mol. The number of hydrogen-bond donors (Lipinski definition) is 1. The third kappa shape index (κ3) is 3.39. The van der Waals surface area contributed by atoms with Crippen molar-refractivity contribution in [1.29, 1.82) is 0 Å². The summed E-state index contributed by atoms with van der Waals surface area (Å²) in [7, 11) is 0. The van der Waals surface area contributed by atoms with E-state index in [4.69, 9.17) is 0 Å². The highest BCUT2D eigenvalue weighted by molar-refractivity contribution is 7.15. The van der Waals surface area contributed by atoms with Crippen molar-refractivity contribution in [2.75, 3.05) is 5.32 Å². The molecule has 0 unspecified atom stereocenters. The number of benzene rings is 1. The van der Waals surface area contributed by atoms with Crippen LogP contribution in [0.25, 0.3) is 0 Å². The van der Waals surface area contributed by atoms with Crippen LogP contribution in [0.1, 0.15) is 45.8 Å². The van der Waals surface area contributed by atoms with Gasteiger partial charge in [0.05, 0.1) is 10.6 Å². The number of nitrogens with one attached hydrogen (secondary N) is 1. The molecule has 1 N–H and O–H groups in total. The van der Waals surface area contributed by atoms with Crippen molar-refractivity contribution >= 4 is 28.1 Å². The van der Waals surface area contributed by atoms with E-state index in [2.05, 4.69) is 10.3 Å². The lowest BCUT2D eigenvalue weighted by Gasteiger charge is -2.03. The Morgan fingerprint density at radius 3 is 2.83 bits per heavy atom. The van der Waals surface area contributed by atoms with Gasteiger partial charge in [-0.2, -0.15) is 0 Å². The van der Waals surface area contributed by atoms with Gasteiger partial charge in [-0.1, -0.05) is 6.42 Å². The van der Waals surface area contributed by atoms with Crippen LogP contribution in [0.5, 0.6) is 0 Å². The van der Waals surface area contributed by atoms with Crippen molar-refractivity contribution in [1.82, 2.24) is 4.98 Å². The fourth-order valence-electron chi connectivity index (χ4n) is 2.75. The van der Waals surface area contributed by atoms with Crippen LogP contribution in [0.15, 0.2) is 18.2 Å². The quantitative estimate of drug-likeness (QED) is 0.525. The van der Waals surface area contributed by atoms with Crippen LogP contribution in [0, 0.1) is 17.0 Å². The van der Waals surface area contributed by atoms with Crippen LogP contribution < -0.4 is 5.32 Å². The number of fused-ring (bicyclic) bond motifs is 1. The third-order valence-corrected chi connectivity index (χ3v) is 5.04. The van der Waals surface area contributed by atoms with Crippen LogP contribution >= 0.6 is 11.3 Å². The van der Waals surface area contributed by atoms with Gasteiger partial charge in [-0.3, -0.25) is 20.2 Å². The fourth-order valence-corrected chi connectivity index (χ4v) is 3.80. The molecule has 0 spiro atoms. The number of aryl methyl sites for hydroxylation is 3. The van der Waals surface area contributed by atoms with Gasteiger partial charge < -0.3 is 0 Å². The van der Waals surface area contributed by atoms with Crippen LogP contribution in [0.4, 0.5) is 10.8 Å². The SMILES string of the molecule is Cc1cc(C(=O)Nc2nc3c(s2)CCCCC3)ccc1[N+](=O)[O-]. The Morgan fingerprint density at radius 1 is 1.30 bits per heavy atom. The molecule has 3 rings (SSSR count). The smallest absolute Gasteiger partial charge is 0.272 e. The number of rotatable bonds is 3. The molecule has 2 aromatic rings. The molecule has 0 fully saturated rings. The minimum atomic E-state index is -0.450. The zero-order valence-electron chi connectivity index (χ0n) is 12.8. The predicted molar refractivity (Wildman–Crippen MR) is 89.2 cm³/mol. The molecule has 23 heavy (non-hydrogen) atoms. The van der Waals surface area contributed by atoms with E-state index in [1.807, 2.05) is 0 Å². The number of carbonyl (C=O) groups excluding carboxylic acids is 1. The van der Waals surface area contributed by atoms with Gasteiger partial charge in [-0.25, -0.2) is 4.98 Å². The van der Waals surface area contributed by atoms with Gasteiger partial charge in [0.15, 0.2) is 5.13 Å². The van der Waals surface area contributed by atoms with E-state index >= 15 is 0 Å². The summed E-state index contributed by atoms with van der Waals surface area (Å²) < 4.78 is 0. The standard InChI is InChI=1S/C16H17N3O3S/c1-10-9-11(7-8-13(10)19(21)22)15(20)18-16-17-12-5-3-2-4-6-14(12)23-16/h7-9H,2-6H2,1H3,(H,17,18,20). The number of thiazole rings is 1. The molecular weight excluding hydrogens is 314 g/mol. The van der Waals surface area contributed by atoms with Crippen molar-refractivity contribution in [2.45, 2.75) is 39.0 Å². The Kier molecular flexibility index (Phi) is 4.38. The molecule has 1 aliphatic rings. The van der Waals surface area contributed by atoms with Crippen molar-refractivity contribution in [3.63, 3.8) is 0 Å². The topological polar surface area (TPSA) is 85.1 Å². The largest absolute Gasteiger partial charge is 0.298 e.